The van der Waals surface area contributed by atoms with Crippen LogP contribution in [0.3, 0.4) is 0 Å². The van der Waals surface area contributed by atoms with Crippen molar-refractivity contribution in [1.29, 1.82) is 0 Å². The smallest absolute Gasteiger partial charge is 0.229 e. The fraction of sp³-hybridized carbons (Fsp3) is 0.190. The first-order valence-electron chi connectivity index (χ1n) is 8.99. The number of hydrogen-bond acceptors (Lipinski definition) is 6. The molecule has 3 N–H and O–H groups in total. The number of anilines is 5. The monoisotopic (exact) mass is 377 g/mol. The van der Waals surface area contributed by atoms with E-state index in [-0.39, 0.29) is 12.0 Å². The summed E-state index contributed by atoms with van der Waals surface area (Å²) in [6, 6.07) is 16.8. The lowest BCUT2D eigenvalue weighted by atomic mass is 10.2. The quantitative estimate of drug-likeness (QED) is 0.553. The standard InChI is InChI=1S/C21H23N5O2/c1-14(2)28-19-9-7-16(8-10-19)25-21-22-12-11-20(26-21)24-18-6-4-5-17(13-18)23-15(3)27/h4-14H,1-3H3,(H,23,27)(H2,22,24,25,26). The number of benzene rings is 2. The Labute approximate surface area is 164 Å². The van der Waals surface area contributed by atoms with Crippen LogP contribution in [-0.2, 0) is 4.79 Å². The Morgan fingerprint density at radius 2 is 1.71 bits per heavy atom. The summed E-state index contributed by atoms with van der Waals surface area (Å²) in [5.41, 5.74) is 2.39. The van der Waals surface area contributed by atoms with Crippen molar-refractivity contribution in [2.75, 3.05) is 16.0 Å². The number of amides is 1. The second-order valence-electron chi connectivity index (χ2n) is 6.47. The van der Waals surface area contributed by atoms with E-state index in [1.165, 1.54) is 6.92 Å². The van der Waals surface area contributed by atoms with Gasteiger partial charge in [-0.3, -0.25) is 4.79 Å². The number of rotatable bonds is 7. The number of nitrogens with one attached hydrogen (secondary N) is 3. The lowest BCUT2D eigenvalue weighted by Crippen LogP contribution is -2.06. The zero-order chi connectivity index (χ0) is 19.9. The van der Waals surface area contributed by atoms with Gasteiger partial charge >= 0.3 is 0 Å². The molecular formula is C21H23N5O2. The molecule has 0 unspecified atom stereocenters. The molecule has 3 rings (SSSR count). The van der Waals surface area contributed by atoms with E-state index in [0.717, 1.165) is 17.1 Å². The third-order valence-electron chi connectivity index (χ3n) is 3.59. The molecule has 0 atom stereocenters. The molecule has 1 heterocycles. The first-order chi connectivity index (χ1) is 13.5. The fourth-order valence-corrected chi connectivity index (χ4v) is 2.53. The summed E-state index contributed by atoms with van der Waals surface area (Å²) in [4.78, 5) is 19.9. The van der Waals surface area contributed by atoms with Crippen LogP contribution in [0.2, 0.25) is 0 Å². The molecule has 2 aromatic carbocycles. The van der Waals surface area contributed by atoms with Crippen molar-refractivity contribution in [2.45, 2.75) is 26.9 Å². The average Bonchev–Trinajstić information content (AvgIpc) is 2.63. The predicted octanol–water partition coefficient (Wildman–Crippen LogP) is 4.71. The van der Waals surface area contributed by atoms with Gasteiger partial charge in [0.05, 0.1) is 6.10 Å². The Kier molecular flexibility index (Phi) is 6.06. The van der Waals surface area contributed by atoms with Crippen LogP contribution in [0.1, 0.15) is 20.8 Å². The van der Waals surface area contributed by atoms with Gasteiger partial charge < -0.3 is 20.7 Å². The second kappa shape index (κ2) is 8.85. The van der Waals surface area contributed by atoms with Gasteiger partial charge in [-0.15, -0.1) is 0 Å². The van der Waals surface area contributed by atoms with E-state index in [0.29, 0.717) is 17.5 Å². The summed E-state index contributed by atoms with van der Waals surface area (Å²) in [5, 5.41) is 9.14. The highest BCUT2D eigenvalue weighted by atomic mass is 16.5. The molecule has 0 aliphatic heterocycles. The molecular weight excluding hydrogens is 354 g/mol. The van der Waals surface area contributed by atoms with E-state index >= 15 is 0 Å². The van der Waals surface area contributed by atoms with Crippen LogP contribution in [0.15, 0.2) is 60.8 Å². The van der Waals surface area contributed by atoms with Gasteiger partial charge in [0.2, 0.25) is 11.9 Å². The van der Waals surface area contributed by atoms with E-state index in [1.807, 2.05) is 62.4 Å². The molecule has 7 nitrogen and oxygen atoms in total. The van der Waals surface area contributed by atoms with E-state index in [4.69, 9.17) is 4.74 Å². The summed E-state index contributed by atoms with van der Waals surface area (Å²) >= 11 is 0. The van der Waals surface area contributed by atoms with Crippen molar-refractivity contribution >= 4 is 34.7 Å². The summed E-state index contributed by atoms with van der Waals surface area (Å²) in [7, 11) is 0. The van der Waals surface area contributed by atoms with Crippen molar-refractivity contribution in [3.8, 4) is 5.75 Å². The van der Waals surface area contributed by atoms with Gasteiger partial charge in [-0.1, -0.05) is 6.07 Å². The Balaban J connectivity index is 1.68. The Morgan fingerprint density at radius 3 is 2.43 bits per heavy atom. The number of carbonyl (C=O) groups is 1. The molecule has 0 radical (unpaired) electrons. The molecule has 1 amide bonds. The minimum Gasteiger partial charge on any atom is -0.491 e. The zero-order valence-electron chi connectivity index (χ0n) is 16.1. The summed E-state index contributed by atoms with van der Waals surface area (Å²) in [6.07, 6.45) is 1.81. The normalized spacial score (nSPS) is 10.4. The highest BCUT2D eigenvalue weighted by Crippen LogP contribution is 2.22. The summed E-state index contributed by atoms with van der Waals surface area (Å²) < 4.78 is 5.64. The number of nitrogens with zero attached hydrogens (tertiary/aromatic N) is 2. The van der Waals surface area contributed by atoms with Gasteiger partial charge in [0.25, 0.3) is 0 Å². The number of hydrogen-bond donors (Lipinski definition) is 3. The first kappa shape index (κ1) is 19.2. The SMILES string of the molecule is CC(=O)Nc1cccc(Nc2ccnc(Nc3ccc(OC(C)C)cc3)n2)c1. The van der Waals surface area contributed by atoms with Crippen molar-refractivity contribution < 1.29 is 9.53 Å². The number of ether oxygens (including phenoxy) is 1. The van der Waals surface area contributed by atoms with Crippen molar-refractivity contribution in [1.82, 2.24) is 9.97 Å². The van der Waals surface area contributed by atoms with Crippen LogP contribution >= 0.6 is 0 Å². The summed E-state index contributed by atoms with van der Waals surface area (Å²) in [5.74, 6) is 1.81. The van der Waals surface area contributed by atoms with Crippen LogP contribution in [0.25, 0.3) is 0 Å². The second-order valence-corrected chi connectivity index (χ2v) is 6.47. The van der Waals surface area contributed by atoms with Gasteiger partial charge in [0, 0.05) is 30.2 Å². The molecule has 0 spiro atoms. The Bertz CT molecular complexity index is 942. The van der Waals surface area contributed by atoms with Gasteiger partial charge in [-0.05, 0) is 62.4 Å². The van der Waals surface area contributed by atoms with Crippen molar-refractivity contribution in [3.63, 3.8) is 0 Å². The largest absolute Gasteiger partial charge is 0.491 e. The molecule has 7 heteroatoms. The molecule has 28 heavy (non-hydrogen) atoms. The molecule has 0 bridgehead atoms. The Morgan fingerprint density at radius 1 is 0.964 bits per heavy atom. The third kappa shape index (κ3) is 5.70. The topological polar surface area (TPSA) is 88.2 Å². The fourth-order valence-electron chi connectivity index (χ4n) is 2.53. The molecule has 0 fully saturated rings. The highest BCUT2D eigenvalue weighted by molar-refractivity contribution is 5.89. The predicted molar refractivity (Wildman–Crippen MR) is 112 cm³/mol. The molecule has 0 saturated heterocycles. The van der Waals surface area contributed by atoms with Gasteiger partial charge in [0.1, 0.15) is 11.6 Å². The molecule has 0 aliphatic carbocycles. The van der Waals surface area contributed by atoms with Crippen LogP contribution < -0.4 is 20.7 Å². The maximum Gasteiger partial charge on any atom is 0.229 e. The lowest BCUT2D eigenvalue weighted by molar-refractivity contribution is -0.114. The molecule has 0 saturated carbocycles. The van der Waals surface area contributed by atoms with Gasteiger partial charge in [0.15, 0.2) is 0 Å². The third-order valence-corrected chi connectivity index (χ3v) is 3.59. The molecule has 1 aromatic heterocycles. The minimum atomic E-state index is -0.115. The van der Waals surface area contributed by atoms with E-state index in [9.17, 15) is 4.79 Å². The Hall–Kier alpha value is -3.61. The van der Waals surface area contributed by atoms with Gasteiger partial charge in [-0.25, -0.2) is 4.98 Å². The van der Waals surface area contributed by atoms with Gasteiger partial charge in [-0.2, -0.15) is 4.98 Å². The van der Waals surface area contributed by atoms with Crippen LogP contribution in [-0.4, -0.2) is 22.0 Å². The van der Waals surface area contributed by atoms with Crippen molar-refractivity contribution in [3.05, 3.63) is 60.8 Å². The number of aromatic nitrogens is 2. The molecule has 144 valence electrons. The highest BCUT2D eigenvalue weighted by Gasteiger charge is 2.04. The first-order valence-corrected chi connectivity index (χ1v) is 8.99. The van der Waals surface area contributed by atoms with Crippen LogP contribution in [0.4, 0.5) is 28.8 Å². The van der Waals surface area contributed by atoms with Crippen LogP contribution in [0, 0.1) is 0 Å². The van der Waals surface area contributed by atoms with E-state index < -0.39 is 0 Å². The summed E-state index contributed by atoms with van der Waals surface area (Å²) in [6.45, 7) is 5.46. The van der Waals surface area contributed by atoms with E-state index in [2.05, 4.69) is 25.9 Å². The average molecular weight is 377 g/mol. The number of carbonyl (C=O) groups excluding carboxylic acids is 1. The van der Waals surface area contributed by atoms with E-state index in [1.54, 1.807) is 12.3 Å². The maximum atomic E-state index is 11.2. The molecule has 0 aliphatic rings. The lowest BCUT2D eigenvalue weighted by Gasteiger charge is -2.11. The molecule has 3 aromatic rings. The van der Waals surface area contributed by atoms with Crippen molar-refractivity contribution in [2.24, 2.45) is 0 Å². The minimum absolute atomic E-state index is 0.115. The zero-order valence-corrected chi connectivity index (χ0v) is 16.1. The maximum absolute atomic E-state index is 11.2. The van der Waals surface area contributed by atoms with Crippen LogP contribution in [0.5, 0.6) is 5.75 Å².